The third-order valence-electron chi connectivity index (χ3n) is 2.71. The molecule has 0 saturated carbocycles. The fourth-order valence-electron chi connectivity index (χ4n) is 1.83. The SMILES string of the molecule is C#CCn1c(C)nc2sc(C(N)=O)c(C)c2c1=O. The summed E-state index contributed by atoms with van der Waals surface area (Å²) in [7, 11) is 0. The minimum absolute atomic E-state index is 0.162. The standard InChI is InChI=1S/C12H11N3O2S/c1-4-5-15-7(3)14-11-8(12(15)17)6(2)9(18-11)10(13)16/h1H,5H2,2-3H3,(H2,13,16). The number of carbonyl (C=O) groups is 1. The first kappa shape index (κ1) is 12.3. The average molecular weight is 261 g/mol. The predicted molar refractivity (Wildman–Crippen MR) is 70.7 cm³/mol. The van der Waals surface area contributed by atoms with Gasteiger partial charge in [0.25, 0.3) is 11.5 Å². The summed E-state index contributed by atoms with van der Waals surface area (Å²) < 4.78 is 1.41. The van der Waals surface area contributed by atoms with Crippen LogP contribution in [-0.4, -0.2) is 15.5 Å². The van der Waals surface area contributed by atoms with E-state index in [9.17, 15) is 9.59 Å². The van der Waals surface area contributed by atoms with Crippen molar-refractivity contribution in [3.05, 3.63) is 26.6 Å². The van der Waals surface area contributed by atoms with Gasteiger partial charge in [0.1, 0.15) is 10.7 Å². The number of aromatic nitrogens is 2. The number of hydrogen-bond donors (Lipinski definition) is 1. The zero-order valence-corrected chi connectivity index (χ0v) is 10.8. The Morgan fingerprint density at radius 3 is 2.78 bits per heavy atom. The molecule has 18 heavy (non-hydrogen) atoms. The number of carbonyl (C=O) groups excluding carboxylic acids is 1. The molecule has 2 rings (SSSR count). The van der Waals surface area contributed by atoms with Gasteiger partial charge >= 0.3 is 0 Å². The fraction of sp³-hybridized carbons (Fsp3) is 0.250. The molecule has 0 unspecified atom stereocenters. The highest BCUT2D eigenvalue weighted by molar-refractivity contribution is 7.20. The van der Waals surface area contributed by atoms with Crippen LogP contribution in [0.5, 0.6) is 0 Å². The molecule has 2 heterocycles. The molecule has 5 nitrogen and oxygen atoms in total. The van der Waals surface area contributed by atoms with E-state index in [0.29, 0.717) is 26.5 Å². The summed E-state index contributed by atoms with van der Waals surface area (Å²) in [5, 5.41) is 0.426. The number of terminal acetylenes is 1. The largest absolute Gasteiger partial charge is 0.365 e. The zero-order chi connectivity index (χ0) is 13.4. The van der Waals surface area contributed by atoms with E-state index in [0.717, 1.165) is 11.3 Å². The summed E-state index contributed by atoms with van der Waals surface area (Å²) in [4.78, 5) is 28.7. The van der Waals surface area contributed by atoms with Gasteiger partial charge in [0.05, 0.1) is 16.8 Å². The molecule has 92 valence electrons. The van der Waals surface area contributed by atoms with Crippen molar-refractivity contribution in [3.8, 4) is 12.3 Å². The molecular formula is C12H11N3O2S. The predicted octanol–water partition coefficient (Wildman–Crippen LogP) is 0.807. The Hall–Kier alpha value is -2.13. The van der Waals surface area contributed by atoms with Gasteiger partial charge in [-0.15, -0.1) is 17.8 Å². The highest BCUT2D eigenvalue weighted by Crippen LogP contribution is 2.26. The topological polar surface area (TPSA) is 78.0 Å². The van der Waals surface area contributed by atoms with Crippen molar-refractivity contribution in [1.82, 2.24) is 9.55 Å². The van der Waals surface area contributed by atoms with Crippen LogP contribution in [0.3, 0.4) is 0 Å². The lowest BCUT2D eigenvalue weighted by molar-refractivity contribution is 0.100. The molecule has 0 radical (unpaired) electrons. The van der Waals surface area contributed by atoms with Gasteiger partial charge in [-0.2, -0.15) is 0 Å². The second-order valence-corrected chi connectivity index (χ2v) is 4.85. The summed E-state index contributed by atoms with van der Waals surface area (Å²) in [5.74, 6) is 2.40. The van der Waals surface area contributed by atoms with Gasteiger partial charge in [-0.3, -0.25) is 14.2 Å². The lowest BCUT2D eigenvalue weighted by Crippen LogP contribution is -2.23. The van der Waals surface area contributed by atoms with Gasteiger partial charge in [-0.1, -0.05) is 5.92 Å². The van der Waals surface area contributed by atoms with Crippen LogP contribution in [0.2, 0.25) is 0 Å². The number of aryl methyl sites for hydroxylation is 2. The third-order valence-corrected chi connectivity index (χ3v) is 3.91. The Bertz CT molecular complexity index is 749. The van der Waals surface area contributed by atoms with Crippen LogP contribution in [0.15, 0.2) is 4.79 Å². The molecule has 0 aromatic carbocycles. The molecule has 6 heteroatoms. The van der Waals surface area contributed by atoms with Gasteiger partial charge in [-0.05, 0) is 19.4 Å². The first-order chi connectivity index (χ1) is 8.47. The van der Waals surface area contributed by atoms with E-state index in [-0.39, 0.29) is 12.1 Å². The molecular weight excluding hydrogens is 250 g/mol. The number of primary amides is 1. The smallest absolute Gasteiger partial charge is 0.263 e. The van der Waals surface area contributed by atoms with E-state index in [2.05, 4.69) is 10.9 Å². The molecule has 1 amide bonds. The molecule has 2 N–H and O–H groups in total. The van der Waals surface area contributed by atoms with Crippen LogP contribution in [0, 0.1) is 26.2 Å². The molecule has 0 fully saturated rings. The summed E-state index contributed by atoms with van der Waals surface area (Å²) in [5.41, 5.74) is 5.62. The van der Waals surface area contributed by atoms with E-state index in [4.69, 9.17) is 12.2 Å². The molecule has 0 atom stereocenters. The number of amides is 1. The highest BCUT2D eigenvalue weighted by Gasteiger charge is 2.18. The van der Waals surface area contributed by atoms with Gasteiger partial charge < -0.3 is 5.73 Å². The van der Waals surface area contributed by atoms with Crippen molar-refractivity contribution in [1.29, 1.82) is 0 Å². The van der Waals surface area contributed by atoms with Crippen LogP contribution in [0.1, 0.15) is 21.1 Å². The van der Waals surface area contributed by atoms with Crippen molar-refractivity contribution in [3.63, 3.8) is 0 Å². The quantitative estimate of drug-likeness (QED) is 0.812. The summed E-state index contributed by atoms with van der Waals surface area (Å²) in [6.07, 6.45) is 5.22. The Balaban J connectivity index is 2.90. The lowest BCUT2D eigenvalue weighted by Gasteiger charge is -2.05. The maximum absolute atomic E-state index is 12.3. The normalized spacial score (nSPS) is 10.5. The second-order valence-electron chi connectivity index (χ2n) is 3.86. The summed E-state index contributed by atoms with van der Waals surface area (Å²) in [6.45, 7) is 3.56. The molecule has 2 aromatic heterocycles. The minimum atomic E-state index is -0.545. The maximum Gasteiger partial charge on any atom is 0.263 e. The number of fused-ring (bicyclic) bond motifs is 1. The number of thiophene rings is 1. The molecule has 2 aromatic rings. The molecule has 0 aliphatic carbocycles. The van der Waals surface area contributed by atoms with Crippen molar-refractivity contribution in [2.24, 2.45) is 5.73 Å². The van der Waals surface area contributed by atoms with E-state index >= 15 is 0 Å². The van der Waals surface area contributed by atoms with Crippen LogP contribution >= 0.6 is 11.3 Å². The van der Waals surface area contributed by atoms with Crippen LogP contribution in [0.25, 0.3) is 10.2 Å². The highest BCUT2D eigenvalue weighted by atomic mass is 32.1. The van der Waals surface area contributed by atoms with E-state index in [1.165, 1.54) is 4.57 Å². The van der Waals surface area contributed by atoms with E-state index < -0.39 is 5.91 Å². The zero-order valence-electron chi connectivity index (χ0n) is 9.98. The minimum Gasteiger partial charge on any atom is -0.365 e. The molecule has 0 aliphatic rings. The van der Waals surface area contributed by atoms with E-state index in [1.54, 1.807) is 13.8 Å². The first-order valence-corrected chi connectivity index (χ1v) is 6.02. The van der Waals surface area contributed by atoms with E-state index in [1.807, 2.05) is 0 Å². The van der Waals surface area contributed by atoms with Crippen LogP contribution in [0.4, 0.5) is 0 Å². The molecule has 0 bridgehead atoms. The van der Waals surface area contributed by atoms with Crippen LogP contribution in [-0.2, 0) is 6.54 Å². The molecule has 0 saturated heterocycles. The molecule has 0 spiro atoms. The summed E-state index contributed by atoms with van der Waals surface area (Å²) in [6, 6.07) is 0. The summed E-state index contributed by atoms with van der Waals surface area (Å²) >= 11 is 1.14. The third kappa shape index (κ3) is 1.69. The monoisotopic (exact) mass is 261 g/mol. The number of nitrogens with two attached hydrogens (primary N) is 1. The maximum atomic E-state index is 12.3. The average Bonchev–Trinajstić information content (AvgIpc) is 2.62. The Labute approximate surface area is 107 Å². The fourth-order valence-corrected chi connectivity index (χ4v) is 2.90. The Kier molecular flexibility index (Phi) is 2.93. The first-order valence-electron chi connectivity index (χ1n) is 5.21. The van der Waals surface area contributed by atoms with Gasteiger partial charge in [0.15, 0.2) is 0 Å². The van der Waals surface area contributed by atoms with Crippen molar-refractivity contribution in [2.75, 3.05) is 0 Å². The molecule has 0 aliphatic heterocycles. The number of rotatable bonds is 2. The lowest BCUT2D eigenvalue weighted by atomic mass is 10.2. The van der Waals surface area contributed by atoms with Crippen molar-refractivity contribution >= 4 is 27.5 Å². The Morgan fingerprint density at radius 2 is 2.22 bits per heavy atom. The van der Waals surface area contributed by atoms with Crippen molar-refractivity contribution < 1.29 is 4.79 Å². The number of nitrogens with zero attached hydrogens (tertiary/aromatic N) is 2. The Morgan fingerprint density at radius 1 is 1.56 bits per heavy atom. The van der Waals surface area contributed by atoms with Gasteiger partial charge in [-0.25, -0.2) is 4.98 Å². The number of hydrogen-bond acceptors (Lipinski definition) is 4. The van der Waals surface area contributed by atoms with Crippen molar-refractivity contribution in [2.45, 2.75) is 20.4 Å². The second kappa shape index (κ2) is 4.27. The van der Waals surface area contributed by atoms with Gasteiger partial charge in [0, 0.05) is 0 Å². The van der Waals surface area contributed by atoms with Crippen LogP contribution < -0.4 is 11.3 Å². The van der Waals surface area contributed by atoms with Gasteiger partial charge in [0.2, 0.25) is 0 Å².